The largest absolute Gasteiger partial charge is 0.497 e. The quantitative estimate of drug-likeness (QED) is 0.786. The molecule has 0 radical (unpaired) electrons. The Kier molecular flexibility index (Phi) is 4.72. The fourth-order valence-electron chi connectivity index (χ4n) is 1.52. The highest BCUT2D eigenvalue weighted by molar-refractivity contribution is 7.09. The number of rotatable bonds is 5. The van der Waals surface area contributed by atoms with Gasteiger partial charge in [0, 0.05) is 17.1 Å². The maximum atomic E-state index is 11.7. The first-order valence-corrected chi connectivity index (χ1v) is 6.83. The number of nitrogens with zero attached hydrogens (tertiary/aromatic N) is 1. The van der Waals surface area contributed by atoms with Crippen LogP contribution in [0.5, 0.6) is 5.75 Å². The molecular weight excluding hydrogens is 294 g/mol. The number of carboxylic acids is 1. The fraction of sp³-hybridized carbons (Fsp3) is 0.154. The van der Waals surface area contributed by atoms with Crippen molar-refractivity contribution >= 4 is 29.0 Å². The van der Waals surface area contributed by atoms with Gasteiger partial charge >= 0.3 is 12.0 Å². The number of nitrogens with one attached hydrogen (secondary N) is 2. The van der Waals surface area contributed by atoms with Crippen LogP contribution in [0.25, 0.3) is 0 Å². The molecule has 7 nitrogen and oxygen atoms in total. The molecule has 0 bridgehead atoms. The summed E-state index contributed by atoms with van der Waals surface area (Å²) in [6.07, 6.45) is 0. The van der Waals surface area contributed by atoms with Crippen LogP contribution >= 0.6 is 11.3 Å². The van der Waals surface area contributed by atoms with Gasteiger partial charge in [-0.15, -0.1) is 11.3 Å². The molecule has 0 aliphatic rings. The number of methoxy groups -OCH3 is 1. The molecule has 0 aliphatic carbocycles. The Balaban J connectivity index is 1.87. The molecule has 110 valence electrons. The maximum Gasteiger partial charge on any atom is 0.355 e. The van der Waals surface area contributed by atoms with Crippen molar-refractivity contribution in [1.29, 1.82) is 0 Å². The standard InChI is InChI=1S/C13H13N3O4S/c1-20-9-4-2-3-8(5-9)15-13(19)14-6-11-16-10(7-21-11)12(17)18/h2-5,7H,6H2,1H3,(H,17,18)(H2,14,15,19). The lowest BCUT2D eigenvalue weighted by molar-refractivity contribution is 0.0691. The van der Waals surface area contributed by atoms with E-state index in [2.05, 4.69) is 15.6 Å². The molecule has 0 unspecified atom stereocenters. The Labute approximate surface area is 124 Å². The van der Waals surface area contributed by atoms with Gasteiger partial charge in [0.05, 0.1) is 13.7 Å². The van der Waals surface area contributed by atoms with Crippen LogP contribution in [0, 0.1) is 0 Å². The van der Waals surface area contributed by atoms with Crippen LogP contribution in [0.3, 0.4) is 0 Å². The molecule has 0 spiro atoms. The average Bonchev–Trinajstić information content (AvgIpc) is 2.94. The third kappa shape index (κ3) is 4.18. The number of amides is 2. The van der Waals surface area contributed by atoms with Crippen LogP contribution in [0.1, 0.15) is 15.5 Å². The van der Waals surface area contributed by atoms with Gasteiger partial charge < -0.3 is 20.5 Å². The SMILES string of the molecule is COc1cccc(NC(=O)NCc2nc(C(=O)O)cs2)c1. The predicted octanol–water partition coefficient (Wildman–Crippen LogP) is 2.17. The molecule has 3 N–H and O–H groups in total. The molecule has 1 aromatic carbocycles. The van der Waals surface area contributed by atoms with Crippen molar-refractivity contribution in [2.24, 2.45) is 0 Å². The number of carboxylic acid groups (broad SMARTS) is 1. The minimum atomic E-state index is -1.08. The summed E-state index contributed by atoms with van der Waals surface area (Å²) in [5.74, 6) is -0.447. The molecule has 0 saturated carbocycles. The third-order valence-corrected chi connectivity index (χ3v) is 3.35. The van der Waals surface area contributed by atoms with E-state index in [9.17, 15) is 9.59 Å². The highest BCUT2D eigenvalue weighted by Crippen LogP contribution is 2.16. The summed E-state index contributed by atoms with van der Waals surface area (Å²) in [5, 5.41) is 16.0. The fourth-order valence-corrected chi connectivity index (χ4v) is 2.23. The summed E-state index contributed by atoms with van der Waals surface area (Å²) in [6, 6.07) is 6.54. The highest BCUT2D eigenvalue weighted by Gasteiger charge is 2.09. The summed E-state index contributed by atoms with van der Waals surface area (Å²) in [6.45, 7) is 0.160. The molecule has 0 atom stereocenters. The van der Waals surface area contributed by atoms with Crippen molar-refractivity contribution in [2.45, 2.75) is 6.54 Å². The smallest absolute Gasteiger partial charge is 0.355 e. The summed E-state index contributed by atoms with van der Waals surface area (Å²) >= 11 is 1.18. The van der Waals surface area contributed by atoms with Crippen LogP contribution in [0.4, 0.5) is 10.5 Å². The lowest BCUT2D eigenvalue weighted by Crippen LogP contribution is -2.28. The number of carbonyl (C=O) groups is 2. The van der Waals surface area contributed by atoms with Crippen molar-refractivity contribution in [3.8, 4) is 5.75 Å². The van der Waals surface area contributed by atoms with Crippen LogP contribution in [-0.4, -0.2) is 29.2 Å². The second-order valence-electron chi connectivity index (χ2n) is 3.97. The number of benzene rings is 1. The molecule has 0 aliphatic heterocycles. The van der Waals surface area contributed by atoms with Crippen molar-refractivity contribution < 1.29 is 19.4 Å². The minimum Gasteiger partial charge on any atom is -0.497 e. The molecule has 1 aromatic heterocycles. The zero-order valence-corrected chi connectivity index (χ0v) is 11.9. The van der Waals surface area contributed by atoms with Gasteiger partial charge in [-0.1, -0.05) is 6.07 Å². The summed E-state index contributed by atoms with van der Waals surface area (Å²) in [4.78, 5) is 26.3. The van der Waals surface area contributed by atoms with Crippen LogP contribution in [-0.2, 0) is 6.54 Å². The van der Waals surface area contributed by atoms with Gasteiger partial charge in [0.25, 0.3) is 0 Å². The van der Waals surface area contributed by atoms with Crippen molar-refractivity contribution in [3.63, 3.8) is 0 Å². The molecular formula is C13H13N3O4S. The number of aromatic nitrogens is 1. The first-order chi connectivity index (χ1) is 10.1. The second kappa shape index (κ2) is 6.71. The Morgan fingerprint density at radius 3 is 2.90 bits per heavy atom. The van der Waals surface area contributed by atoms with Crippen LogP contribution in [0.15, 0.2) is 29.6 Å². The lowest BCUT2D eigenvalue weighted by Gasteiger charge is -2.07. The number of ether oxygens (including phenoxy) is 1. The van der Waals surface area contributed by atoms with Gasteiger partial charge in [0.15, 0.2) is 5.69 Å². The molecule has 21 heavy (non-hydrogen) atoms. The summed E-state index contributed by atoms with van der Waals surface area (Å²) in [7, 11) is 1.54. The number of carbonyl (C=O) groups excluding carboxylic acids is 1. The predicted molar refractivity (Wildman–Crippen MR) is 77.9 cm³/mol. The summed E-state index contributed by atoms with van der Waals surface area (Å²) < 4.78 is 5.06. The number of hydrogen-bond donors (Lipinski definition) is 3. The number of thiazole rings is 1. The van der Waals surface area contributed by atoms with E-state index in [1.165, 1.54) is 16.7 Å². The van der Waals surface area contributed by atoms with Gasteiger partial charge in [0.1, 0.15) is 10.8 Å². The Morgan fingerprint density at radius 1 is 1.43 bits per heavy atom. The zero-order valence-electron chi connectivity index (χ0n) is 11.1. The Bertz CT molecular complexity index is 656. The van der Waals surface area contributed by atoms with E-state index < -0.39 is 12.0 Å². The van der Waals surface area contributed by atoms with Gasteiger partial charge in [-0.3, -0.25) is 0 Å². The molecule has 8 heteroatoms. The molecule has 2 amide bonds. The number of anilines is 1. The first kappa shape index (κ1) is 14.8. The normalized spacial score (nSPS) is 9.95. The molecule has 1 heterocycles. The third-order valence-electron chi connectivity index (χ3n) is 2.50. The van der Waals surface area contributed by atoms with E-state index in [0.717, 1.165) is 0 Å². The van der Waals surface area contributed by atoms with Crippen molar-refractivity contribution in [1.82, 2.24) is 10.3 Å². The topological polar surface area (TPSA) is 101 Å². The van der Waals surface area contributed by atoms with Gasteiger partial charge in [-0.2, -0.15) is 0 Å². The van der Waals surface area contributed by atoms with Gasteiger partial charge in [0.2, 0.25) is 0 Å². The van der Waals surface area contributed by atoms with Crippen molar-refractivity contribution in [2.75, 3.05) is 12.4 Å². The van der Waals surface area contributed by atoms with E-state index in [1.807, 2.05) is 0 Å². The van der Waals surface area contributed by atoms with E-state index >= 15 is 0 Å². The number of urea groups is 1. The Morgan fingerprint density at radius 2 is 2.24 bits per heavy atom. The molecule has 0 fully saturated rings. The van der Waals surface area contributed by atoms with Gasteiger partial charge in [-0.05, 0) is 12.1 Å². The van der Waals surface area contributed by atoms with E-state index in [4.69, 9.17) is 9.84 Å². The zero-order chi connectivity index (χ0) is 15.2. The van der Waals surface area contributed by atoms with Crippen molar-refractivity contribution in [3.05, 3.63) is 40.3 Å². The van der Waals surface area contributed by atoms with Gasteiger partial charge in [-0.25, -0.2) is 14.6 Å². The molecule has 2 aromatic rings. The number of aromatic carboxylic acids is 1. The molecule has 0 saturated heterocycles. The minimum absolute atomic E-state index is 0.0231. The highest BCUT2D eigenvalue weighted by atomic mass is 32.1. The number of hydrogen-bond acceptors (Lipinski definition) is 5. The monoisotopic (exact) mass is 307 g/mol. The Hall–Kier alpha value is -2.61. The van der Waals surface area contributed by atoms with Crippen LogP contribution in [0.2, 0.25) is 0 Å². The van der Waals surface area contributed by atoms with E-state index in [1.54, 1.807) is 31.4 Å². The van der Waals surface area contributed by atoms with E-state index in [0.29, 0.717) is 16.4 Å². The summed E-state index contributed by atoms with van der Waals surface area (Å²) in [5.41, 5.74) is 0.571. The lowest BCUT2D eigenvalue weighted by atomic mass is 10.3. The molecule has 2 rings (SSSR count). The first-order valence-electron chi connectivity index (χ1n) is 5.95. The second-order valence-corrected chi connectivity index (χ2v) is 4.91. The average molecular weight is 307 g/mol. The van der Waals surface area contributed by atoms with E-state index in [-0.39, 0.29) is 12.2 Å². The van der Waals surface area contributed by atoms with Crippen LogP contribution < -0.4 is 15.4 Å². The maximum absolute atomic E-state index is 11.7.